The van der Waals surface area contributed by atoms with Crippen molar-refractivity contribution in [3.63, 3.8) is 0 Å². The number of carbonyl (C=O) groups is 1. The van der Waals surface area contributed by atoms with Crippen LogP contribution in [0.4, 0.5) is 11.4 Å². The Morgan fingerprint density at radius 2 is 1.78 bits per heavy atom. The summed E-state index contributed by atoms with van der Waals surface area (Å²) in [7, 11) is 2.21. The zero-order valence-corrected chi connectivity index (χ0v) is 21.7. The Morgan fingerprint density at radius 1 is 1.03 bits per heavy atom. The van der Waals surface area contributed by atoms with E-state index in [-0.39, 0.29) is 0 Å². The van der Waals surface area contributed by atoms with Crippen molar-refractivity contribution in [2.45, 2.75) is 32.6 Å². The molecular weight excluding hydrogens is 466 g/mol. The number of hydrogen-bond donors (Lipinski definition) is 1. The van der Waals surface area contributed by atoms with Crippen LogP contribution in [0.2, 0.25) is 5.02 Å². The average Bonchev–Trinajstić information content (AvgIpc) is 3.46. The molecule has 2 saturated carbocycles. The predicted octanol–water partition coefficient (Wildman–Crippen LogP) is 6.90. The Balaban J connectivity index is 1.47. The lowest BCUT2D eigenvalue weighted by Gasteiger charge is -2.34. The monoisotopic (exact) mass is 497 g/mol. The van der Waals surface area contributed by atoms with Gasteiger partial charge in [0.2, 0.25) is 5.91 Å². The Bertz CT molecular complexity index is 1380. The molecule has 4 nitrogen and oxygen atoms in total. The minimum absolute atomic E-state index is 0.445. The molecule has 3 aliphatic rings. The maximum atomic E-state index is 11.9. The molecule has 0 spiro atoms. The highest BCUT2D eigenvalue weighted by Crippen LogP contribution is 2.50. The molecule has 1 saturated heterocycles. The molecule has 5 heteroatoms. The van der Waals surface area contributed by atoms with E-state index in [1.807, 2.05) is 6.07 Å². The second kappa shape index (κ2) is 9.01. The van der Waals surface area contributed by atoms with Crippen LogP contribution in [0.3, 0.4) is 0 Å². The third-order valence-corrected chi connectivity index (χ3v) is 8.58. The zero-order chi connectivity index (χ0) is 25.0. The molecule has 3 aromatic carbocycles. The van der Waals surface area contributed by atoms with E-state index >= 15 is 0 Å². The van der Waals surface area contributed by atoms with Crippen molar-refractivity contribution in [1.29, 1.82) is 0 Å². The molecule has 36 heavy (non-hydrogen) atoms. The molecule has 2 unspecified atom stereocenters. The summed E-state index contributed by atoms with van der Waals surface area (Å²) >= 11 is 6.61. The van der Waals surface area contributed by atoms with E-state index in [1.54, 1.807) is 12.1 Å². The van der Waals surface area contributed by atoms with Crippen LogP contribution in [0.25, 0.3) is 16.8 Å². The molecule has 0 bridgehead atoms. The number of halogens is 1. The van der Waals surface area contributed by atoms with Crippen LogP contribution in [0, 0.1) is 18.8 Å². The van der Waals surface area contributed by atoms with Crippen LogP contribution in [0.1, 0.15) is 47.2 Å². The fourth-order valence-corrected chi connectivity index (χ4v) is 6.11. The molecule has 3 fully saturated rings. The molecule has 1 aliphatic heterocycles. The number of hydrogen-bond acceptors (Lipinski definition) is 3. The topological polar surface area (TPSA) is 49.6 Å². The first-order chi connectivity index (χ1) is 17.4. The van der Waals surface area contributed by atoms with Gasteiger partial charge in [-0.25, -0.2) is 0 Å². The summed E-state index contributed by atoms with van der Waals surface area (Å²) in [6.45, 7) is 4.40. The number of rotatable bonds is 6. The van der Waals surface area contributed by atoms with E-state index in [0.29, 0.717) is 10.6 Å². The van der Waals surface area contributed by atoms with E-state index < -0.39 is 5.91 Å². The maximum Gasteiger partial charge on any atom is 0.248 e. The van der Waals surface area contributed by atoms with Crippen molar-refractivity contribution in [1.82, 2.24) is 0 Å². The van der Waals surface area contributed by atoms with Gasteiger partial charge in [0.1, 0.15) is 0 Å². The standard InChI is InChI=1S/C31H32ClN3O/c1-19-6-3-4-9-25(19)30(20-7-5-8-20)34(2)28-13-11-21(16-29(28)35-17-23-14-24(23)18-35)26-15-22(31(33)36)10-12-27(26)32/h3-4,6,9-13,15-16,23-24H,5,7-8,14,17-18H2,1-2H3,(H2,33,36). The first-order valence-corrected chi connectivity index (χ1v) is 13.3. The van der Waals surface area contributed by atoms with Crippen molar-refractivity contribution in [2.75, 3.05) is 29.9 Å². The number of piperidine rings is 1. The van der Waals surface area contributed by atoms with Gasteiger partial charge < -0.3 is 15.5 Å². The lowest BCUT2D eigenvalue weighted by molar-refractivity contribution is 0.100. The molecule has 1 amide bonds. The van der Waals surface area contributed by atoms with Crippen molar-refractivity contribution >= 4 is 34.6 Å². The van der Waals surface area contributed by atoms with E-state index in [0.717, 1.165) is 48.9 Å². The summed E-state index contributed by atoms with van der Waals surface area (Å²) in [6, 6.07) is 20.6. The summed E-state index contributed by atoms with van der Waals surface area (Å²) < 4.78 is 0. The highest BCUT2D eigenvalue weighted by Gasteiger charge is 2.45. The first-order valence-electron chi connectivity index (χ1n) is 12.9. The minimum atomic E-state index is -0.445. The number of carbonyl (C=O) groups excluding carboxylic acids is 1. The second-order valence-electron chi connectivity index (χ2n) is 10.6. The van der Waals surface area contributed by atoms with Gasteiger partial charge in [-0.1, -0.05) is 41.9 Å². The lowest BCUT2D eigenvalue weighted by atomic mass is 9.86. The van der Waals surface area contributed by atoms with Crippen molar-refractivity contribution in [3.05, 3.63) is 87.9 Å². The van der Waals surface area contributed by atoms with Crippen LogP contribution in [0.5, 0.6) is 0 Å². The number of anilines is 2. The molecule has 2 N–H and O–H groups in total. The van der Waals surface area contributed by atoms with Gasteiger partial charge in [-0.2, -0.15) is 0 Å². The highest BCUT2D eigenvalue weighted by molar-refractivity contribution is 6.33. The number of primary amides is 1. The van der Waals surface area contributed by atoms with Gasteiger partial charge in [-0.15, -0.1) is 0 Å². The number of allylic oxidation sites excluding steroid dienone is 1. The highest BCUT2D eigenvalue weighted by atomic mass is 35.5. The van der Waals surface area contributed by atoms with Crippen LogP contribution in [0.15, 0.2) is 66.2 Å². The molecule has 1 heterocycles. The molecule has 3 aromatic rings. The van der Waals surface area contributed by atoms with E-state index in [9.17, 15) is 4.79 Å². The minimum Gasteiger partial charge on any atom is -0.369 e. The number of aryl methyl sites for hydroxylation is 1. The molecule has 184 valence electrons. The normalized spacial score (nSPS) is 20.1. The van der Waals surface area contributed by atoms with Crippen molar-refractivity contribution in [2.24, 2.45) is 17.6 Å². The average molecular weight is 498 g/mol. The van der Waals surface area contributed by atoms with Crippen molar-refractivity contribution in [3.8, 4) is 11.1 Å². The Morgan fingerprint density at radius 3 is 2.44 bits per heavy atom. The number of nitrogens with two attached hydrogens (primary N) is 1. The van der Waals surface area contributed by atoms with Gasteiger partial charge in [0.05, 0.1) is 11.4 Å². The Labute approximate surface area is 218 Å². The van der Waals surface area contributed by atoms with E-state index in [2.05, 4.69) is 66.2 Å². The molecule has 2 aliphatic carbocycles. The largest absolute Gasteiger partial charge is 0.369 e. The summed E-state index contributed by atoms with van der Waals surface area (Å²) in [5.41, 5.74) is 15.8. The fraction of sp³-hybridized carbons (Fsp3) is 0.323. The third kappa shape index (κ3) is 4.08. The van der Waals surface area contributed by atoms with Crippen LogP contribution in [-0.4, -0.2) is 26.0 Å². The number of fused-ring (bicyclic) bond motifs is 1. The van der Waals surface area contributed by atoms with Gasteiger partial charge in [0, 0.05) is 47.5 Å². The van der Waals surface area contributed by atoms with E-state index in [4.69, 9.17) is 17.3 Å². The molecule has 0 radical (unpaired) electrons. The van der Waals surface area contributed by atoms with Crippen molar-refractivity contribution < 1.29 is 4.79 Å². The molecule has 0 aromatic heterocycles. The smallest absolute Gasteiger partial charge is 0.248 e. The SMILES string of the molecule is Cc1ccccc1C(=C1CCC1)N(C)c1ccc(-c2cc(C(N)=O)ccc2Cl)cc1N1CC2CC2C1. The van der Waals surface area contributed by atoms with Gasteiger partial charge in [-0.05, 0) is 91.5 Å². The van der Waals surface area contributed by atoms with Crippen LogP contribution < -0.4 is 15.5 Å². The van der Waals surface area contributed by atoms with Crippen LogP contribution in [-0.2, 0) is 0 Å². The Kier molecular flexibility index (Phi) is 5.80. The van der Waals surface area contributed by atoms with E-state index in [1.165, 1.54) is 46.6 Å². The number of nitrogens with zero attached hydrogens (tertiary/aromatic N) is 2. The number of amides is 1. The van der Waals surface area contributed by atoms with Gasteiger partial charge >= 0.3 is 0 Å². The third-order valence-electron chi connectivity index (χ3n) is 8.25. The maximum absolute atomic E-state index is 11.9. The van der Waals surface area contributed by atoms with Gasteiger partial charge in [0.25, 0.3) is 0 Å². The molecule has 2 atom stereocenters. The fourth-order valence-electron chi connectivity index (χ4n) is 5.88. The first kappa shape index (κ1) is 23.2. The quantitative estimate of drug-likeness (QED) is 0.403. The summed E-state index contributed by atoms with van der Waals surface area (Å²) in [5, 5.41) is 0.619. The zero-order valence-electron chi connectivity index (χ0n) is 20.9. The predicted molar refractivity (Wildman–Crippen MR) is 150 cm³/mol. The number of benzene rings is 3. The van der Waals surface area contributed by atoms with Gasteiger partial charge in [0.15, 0.2) is 0 Å². The molecular formula is C31H32ClN3O. The Hall–Kier alpha value is -3.24. The second-order valence-corrected chi connectivity index (χ2v) is 11.0. The van der Waals surface area contributed by atoms with Gasteiger partial charge in [-0.3, -0.25) is 4.79 Å². The summed E-state index contributed by atoms with van der Waals surface area (Å²) in [4.78, 5) is 16.8. The summed E-state index contributed by atoms with van der Waals surface area (Å²) in [6.07, 6.45) is 4.93. The van der Waals surface area contributed by atoms with Crippen LogP contribution >= 0.6 is 11.6 Å². The summed E-state index contributed by atoms with van der Waals surface area (Å²) in [5.74, 6) is 1.18. The lowest BCUT2D eigenvalue weighted by Crippen LogP contribution is -2.27. The molecule has 6 rings (SSSR count).